The van der Waals surface area contributed by atoms with Gasteiger partial charge in [0.15, 0.2) is 5.78 Å². The molecule has 3 aliphatic carbocycles. The molecular weight excluding hydrogens is 382 g/mol. The zero-order chi connectivity index (χ0) is 21.6. The number of fused-ring (bicyclic) bond motifs is 3. The van der Waals surface area contributed by atoms with Gasteiger partial charge in [0, 0.05) is 28.4 Å². The summed E-state index contributed by atoms with van der Waals surface area (Å²) in [6.07, 6.45) is 9.78. The fourth-order valence-electron chi connectivity index (χ4n) is 6.14. The van der Waals surface area contributed by atoms with Crippen molar-refractivity contribution < 1.29 is 4.79 Å². The fraction of sp³-hybridized carbons (Fsp3) is 0.481. The van der Waals surface area contributed by atoms with Gasteiger partial charge in [-0.3, -0.25) is 0 Å². The van der Waals surface area contributed by atoms with Crippen LogP contribution in [-0.4, -0.2) is 15.8 Å². The van der Waals surface area contributed by atoms with Gasteiger partial charge in [-0.15, -0.1) is 0 Å². The van der Waals surface area contributed by atoms with Crippen LogP contribution in [0.25, 0.3) is 16.1 Å². The number of Topliss-reactive ketones (excluding diaryl/α,β-unsaturated/α-hetero) is 1. The largest absolute Gasteiger partial charge is 0.308 e. The van der Waals surface area contributed by atoms with E-state index in [4.69, 9.17) is 16.5 Å². The van der Waals surface area contributed by atoms with Gasteiger partial charge in [-0.1, -0.05) is 69.5 Å². The Hall–Kier alpha value is -2.80. The predicted molar refractivity (Wildman–Crippen MR) is 121 cm³/mol. The molecule has 0 aliphatic heterocycles. The number of carbonyl (C=O) groups excluding carboxylic acids is 1. The van der Waals surface area contributed by atoms with Gasteiger partial charge >= 0.3 is 0 Å². The van der Waals surface area contributed by atoms with Crippen LogP contribution < -0.4 is 0 Å². The Morgan fingerprint density at radius 2 is 1.81 bits per heavy atom. The summed E-state index contributed by atoms with van der Waals surface area (Å²) in [5.41, 5.74) is 4.31. The van der Waals surface area contributed by atoms with E-state index in [-0.39, 0.29) is 23.3 Å². The van der Waals surface area contributed by atoms with Crippen molar-refractivity contribution in [1.29, 1.82) is 0 Å². The minimum absolute atomic E-state index is 0.00855. The fourth-order valence-corrected chi connectivity index (χ4v) is 6.14. The summed E-state index contributed by atoms with van der Waals surface area (Å²) in [5, 5.41) is 0. The zero-order valence-electron chi connectivity index (χ0n) is 18.4. The number of nitrogens with zero attached hydrogens (tertiary/aromatic N) is 3. The third kappa shape index (κ3) is 3.22. The molecule has 158 valence electrons. The van der Waals surface area contributed by atoms with Crippen LogP contribution in [0.3, 0.4) is 0 Å². The Kier molecular flexibility index (Phi) is 5.01. The lowest BCUT2D eigenvalue weighted by atomic mass is 9.58. The molecule has 4 nitrogen and oxygen atoms in total. The summed E-state index contributed by atoms with van der Waals surface area (Å²) in [7, 11) is 0. The molecular formula is C27H29N3O. The van der Waals surface area contributed by atoms with Crippen molar-refractivity contribution in [2.24, 2.45) is 11.8 Å². The number of rotatable bonds is 2. The lowest BCUT2D eigenvalue weighted by molar-refractivity contribution is -0.121. The van der Waals surface area contributed by atoms with E-state index in [1.807, 2.05) is 19.1 Å². The summed E-state index contributed by atoms with van der Waals surface area (Å²) >= 11 is 0. The second-order valence-corrected chi connectivity index (χ2v) is 9.68. The van der Waals surface area contributed by atoms with E-state index in [1.165, 1.54) is 24.8 Å². The Balaban J connectivity index is 1.75. The van der Waals surface area contributed by atoms with Crippen molar-refractivity contribution in [2.45, 2.75) is 70.1 Å². The number of hydrogen-bond acceptors (Lipinski definition) is 3. The van der Waals surface area contributed by atoms with Crippen molar-refractivity contribution in [1.82, 2.24) is 9.97 Å². The summed E-state index contributed by atoms with van der Waals surface area (Å²) in [6.45, 7) is 11.8. The van der Waals surface area contributed by atoms with Crippen molar-refractivity contribution in [2.75, 3.05) is 0 Å². The number of ketones is 1. The van der Waals surface area contributed by atoms with E-state index in [9.17, 15) is 4.79 Å². The topological polar surface area (TPSA) is 47.2 Å². The average Bonchev–Trinajstić information content (AvgIpc) is 2.82. The van der Waals surface area contributed by atoms with Crippen LogP contribution in [-0.2, 0) is 16.6 Å². The van der Waals surface area contributed by atoms with Crippen LogP contribution in [0.15, 0.2) is 42.1 Å². The molecule has 31 heavy (non-hydrogen) atoms. The van der Waals surface area contributed by atoms with Crippen molar-refractivity contribution in [3.05, 3.63) is 70.6 Å². The van der Waals surface area contributed by atoms with Gasteiger partial charge in [-0.25, -0.2) is 14.8 Å². The molecule has 0 amide bonds. The van der Waals surface area contributed by atoms with Gasteiger partial charge < -0.3 is 4.79 Å². The van der Waals surface area contributed by atoms with Crippen molar-refractivity contribution >= 4 is 5.78 Å². The highest BCUT2D eigenvalue weighted by Gasteiger charge is 2.49. The normalized spacial score (nSPS) is 28.3. The van der Waals surface area contributed by atoms with Crippen LogP contribution in [0.5, 0.6) is 0 Å². The van der Waals surface area contributed by atoms with Crippen molar-refractivity contribution in [3.8, 4) is 11.3 Å². The SMILES string of the molecule is [C-]#[N+]C1=C[C@@]2(C)c3nc(C4CCCCC4)nc(-c4ccccc4)c3CC[C@@H]2[C@@H](C)C1=O. The molecule has 5 rings (SSSR count). The third-order valence-corrected chi connectivity index (χ3v) is 7.85. The molecule has 1 heterocycles. The maximum absolute atomic E-state index is 12.8. The molecule has 0 unspecified atom stereocenters. The first kappa shape index (κ1) is 20.1. The second kappa shape index (κ2) is 7.71. The molecule has 1 aromatic heterocycles. The van der Waals surface area contributed by atoms with Gasteiger partial charge in [0.05, 0.1) is 18.0 Å². The molecule has 0 radical (unpaired) electrons. The smallest absolute Gasteiger partial charge is 0.226 e. The predicted octanol–water partition coefficient (Wildman–Crippen LogP) is 6.03. The van der Waals surface area contributed by atoms with E-state index in [2.05, 4.69) is 36.0 Å². The van der Waals surface area contributed by atoms with Gasteiger partial charge in [0.2, 0.25) is 5.70 Å². The van der Waals surface area contributed by atoms with E-state index < -0.39 is 5.41 Å². The first-order chi connectivity index (χ1) is 15.0. The second-order valence-electron chi connectivity index (χ2n) is 9.68. The molecule has 4 heteroatoms. The monoisotopic (exact) mass is 411 g/mol. The summed E-state index contributed by atoms with van der Waals surface area (Å²) in [4.78, 5) is 26.8. The van der Waals surface area contributed by atoms with E-state index in [0.717, 1.165) is 48.5 Å². The summed E-state index contributed by atoms with van der Waals surface area (Å²) in [5.74, 6) is 1.38. The first-order valence-electron chi connectivity index (χ1n) is 11.6. The highest BCUT2D eigenvalue weighted by molar-refractivity contribution is 6.00. The molecule has 0 N–H and O–H groups in total. The molecule has 2 aromatic rings. The molecule has 1 saturated carbocycles. The molecule has 1 fully saturated rings. The quantitative estimate of drug-likeness (QED) is 0.567. The Bertz CT molecular complexity index is 1090. The molecule has 3 aliphatic rings. The molecule has 0 saturated heterocycles. The number of aromatic nitrogens is 2. The Morgan fingerprint density at radius 1 is 1.06 bits per heavy atom. The van der Waals surface area contributed by atoms with E-state index in [1.54, 1.807) is 0 Å². The van der Waals surface area contributed by atoms with Crippen LogP contribution in [0.1, 0.15) is 75.4 Å². The highest BCUT2D eigenvalue weighted by atomic mass is 16.1. The lowest BCUT2D eigenvalue weighted by Gasteiger charge is -2.46. The highest BCUT2D eigenvalue weighted by Crippen LogP contribution is 2.51. The van der Waals surface area contributed by atoms with Crippen molar-refractivity contribution in [3.63, 3.8) is 0 Å². The number of allylic oxidation sites excluding steroid dienone is 2. The number of benzene rings is 1. The maximum Gasteiger partial charge on any atom is 0.226 e. The molecule has 3 atom stereocenters. The average molecular weight is 412 g/mol. The standard InChI is InChI=1S/C27H29N3O/c1-17-21-15-14-20-23(18-10-6-4-7-11-18)29-26(19-12-8-5-9-13-19)30-25(20)27(21,2)16-22(28-3)24(17)31/h4,6-7,10-11,16-17,19,21H,5,8-9,12-15H2,1-2H3/t17-,21-,27-/m1/s1. The summed E-state index contributed by atoms with van der Waals surface area (Å²) in [6, 6.07) is 10.4. The van der Waals surface area contributed by atoms with Gasteiger partial charge in [0.1, 0.15) is 5.82 Å². The Morgan fingerprint density at radius 3 is 2.52 bits per heavy atom. The van der Waals surface area contributed by atoms with Gasteiger partial charge in [-0.05, 0) is 31.6 Å². The minimum atomic E-state index is -0.406. The molecule has 1 aromatic carbocycles. The zero-order valence-corrected chi connectivity index (χ0v) is 18.4. The summed E-state index contributed by atoms with van der Waals surface area (Å²) < 4.78 is 0. The van der Waals surface area contributed by atoms with Crippen LogP contribution in [0, 0.1) is 18.4 Å². The van der Waals surface area contributed by atoms with Crippen LogP contribution in [0.4, 0.5) is 0 Å². The van der Waals surface area contributed by atoms with Crippen LogP contribution in [0.2, 0.25) is 0 Å². The minimum Gasteiger partial charge on any atom is -0.308 e. The number of carbonyl (C=O) groups is 1. The van der Waals surface area contributed by atoms with Crippen LogP contribution >= 0.6 is 0 Å². The Labute approximate surface area is 184 Å². The first-order valence-corrected chi connectivity index (χ1v) is 11.6. The number of hydrogen-bond donors (Lipinski definition) is 0. The van der Waals surface area contributed by atoms with E-state index >= 15 is 0 Å². The van der Waals surface area contributed by atoms with E-state index in [0.29, 0.717) is 5.92 Å². The van der Waals surface area contributed by atoms with Gasteiger partial charge in [-0.2, -0.15) is 0 Å². The maximum atomic E-state index is 12.8. The third-order valence-electron chi connectivity index (χ3n) is 7.85. The molecule has 0 bridgehead atoms. The lowest BCUT2D eigenvalue weighted by Crippen LogP contribution is -2.46. The molecule has 0 spiro atoms. The van der Waals surface area contributed by atoms with Gasteiger partial charge in [0.25, 0.3) is 0 Å².